The zero-order valence-electron chi connectivity index (χ0n) is 6.76. The van der Waals surface area contributed by atoms with Crippen molar-refractivity contribution in [2.24, 2.45) is 5.92 Å². The van der Waals surface area contributed by atoms with E-state index in [0.717, 1.165) is 18.9 Å². The van der Waals surface area contributed by atoms with Gasteiger partial charge in [0.1, 0.15) is 6.61 Å². The standard InChI is InChI=1S/C8H15NO/c1-8(2)4-3-6-10-7-5-9/h8H,3-4,6-7H2,1-2H3. The van der Waals surface area contributed by atoms with Crippen LogP contribution in [0.4, 0.5) is 0 Å². The summed E-state index contributed by atoms with van der Waals surface area (Å²) >= 11 is 0. The molecular formula is C8H15NO. The third kappa shape index (κ3) is 7.45. The molecule has 0 bridgehead atoms. The average molecular weight is 141 g/mol. The highest BCUT2D eigenvalue weighted by Gasteiger charge is 1.92. The van der Waals surface area contributed by atoms with Gasteiger partial charge in [-0.15, -0.1) is 0 Å². The van der Waals surface area contributed by atoms with Crippen molar-refractivity contribution < 1.29 is 4.74 Å². The molecular weight excluding hydrogens is 126 g/mol. The zero-order valence-corrected chi connectivity index (χ0v) is 6.76. The topological polar surface area (TPSA) is 33.0 Å². The van der Waals surface area contributed by atoms with Crippen LogP contribution in [0.1, 0.15) is 26.7 Å². The lowest BCUT2D eigenvalue weighted by Crippen LogP contribution is -1.96. The van der Waals surface area contributed by atoms with E-state index in [4.69, 9.17) is 10.00 Å². The molecule has 0 unspecified atom stereocenters. The maximum Gasteiger partial charge on any atom is 0.133 e. The van der Waals surface area contributed by atoms with E-state index in [1.54, 1.807) is 0 Å². The molecule has 0 radical (unpaired) electrons. The Balaban J connectivity index is 2.86. The van der Waals surface area contributed by atoms with Gasteiger partial charge in [-0.05, 0) is 18.8 Å². The summed E-state index contributed by atoms with van der Waals surface area (Å²) in [6.07, 6.45) is 2.25. The van der Waals surface area contributed by atoms with Gasteiger partial charge in [-0.25, -0.2) is 0 Å². The predicted octanol–water partition coefficient (Wildman–Crippen LogP) is 1.96. The van der Waals surface area contributed by atoms with Crippen LogP contribution in [0.3, 0.4) is 0 Å². The van der Waals surface area contributed by atoms with Gasteiger partial charge in [-0.2, -0.15) is 5.26 Å². The largest absolute Gasteiger partial charge is 0.367 e. The molecule has 2 heteroatoms. The van der Waals surface area contributed by atoms with Gasteiger partial charge < -0.3 is 4.74 Å². The van der Waals surface area contributed by atoms with Gasteiger partial charge in [0.25, 0.3) is 0 Å². The molecule has 0 spiro atoms. The van der Waals surface area contributed by atoms with Crippen molar-refractivity contribution in [3.63, 3.8) is 0 Å². The fourth-order valence-electron chi connectivity index (χ4n) is 0.711. The lowest BCUT2D eigenvalue weighted by atomic mass is 10.1. The van der Waals surface area contributed by atoms with Crippen molar-refractivity contribution in [1.82, 2.24) is 0 Å². The predicted molar refractivity (Wildman–Crippen MR) is 40.5 cm³/mol. The zero-order chi connectivity index (χ0) is 7.82. The SMILES string of the molecule is CC(C)CCCOCC#N. The van der Waals surface area contributed by atoms with Gasteiger partial charge in [0.2, 0.25) is 0 Å². The minimum atomic E-state index is 0.234. The highest BCUT2D eigenvalue weighted by atomic mass is 16.5. The second-order valence-electron chi connectivity index (χ2n) is 2.75. The number of ether oxygens (including phenoxy) is 1. The van der Waals surface area contributed by atoms with Crippen molar-refractivity contribution in [1.29, 1.82) is 5.26 Å². The summed E-state index contributed by atoms with van der Waals surface area (Å²) in [5.41, 5.74) is 0. The van der Waals surface area contributed by atoms with Crippen LogP contribution in [0.15, 0.2) is 0 Å². The van der Waals surface area contributed by atoms with E-state index in [1.165, 1.54) is 6.42 Å². The Morgan fingerprint density at radius 2 is 2.20 bits per heavy atom. The van der Waals surface area contributed by atoms with Gasteiger partial charge in [0.15, 0.2) is 0 Å². The van der Waals surface area contributed by atoms with Crippen molar-refractivity contribution in [3.8, 4) is 6.07 Å². The van der Waals surface area contributed by atoms with Crippen LogP contribution in [0.25, 0.3) is 0 Å². The molecule has 0 saturated carbocycles. The van der Waals surface area contributed by atoms with Crippen LogP contribution in [0, 0.1) is 17.2 Å². The van der Waals surface area contributed by atoms with E-state index < -0.39 is 0 Å². The Bertz CT molecular complexity index is 104. The van der Waals surface area contributed by atoms with Gasteiger partial charge in [0.05, 0.1) is 6.07 Å². The molecule has 0 aliphatic heterocycles. The van der Waals surface area contributed by atoms with Crippen molar-refractivity contribution in [2.75, 3.05) is 13.2 Å². The summed E-state index contributed by atoms with van der Waals surface area (Å²) in [6.45, 7) is 5.33. The molecule has 0 amide bonds. The lowest BCUT2D eigenvalue weighted by molar-refractivity contribution is 0.158. The highest BCUT2D eigenvalue weighted by molar-refractivity contribution is 4.66. The maximum atomic E-state index is 8.10. The molecule has 2 nitrogen and oxygen atoms in total. The summed E-state index contributed by atoms with van der Waals surface area (Å²) in [7, 11) is 0. The van der Waals surface area contributed by atoms with E-state index in [1.807, 2.05) is 6.07 Å². The van der Waals surface area contributed by atoms with Crippen LogP contribution in [-0.2, 0) is 4.74 Å². The molecule has 0 atom stereocenters. The second kappa shape index (κ2) is 6.57. The van der Waals surface area contributed by atoms with Crippen LogP contribution in [0.5, 0.6) is 0 Å². The molecule has 0 fully saturated rings. The third-order valence-corrected chi connectivity index (χ3v) is 1.24. The molecule has 0 rings (SSSR count). The van der Waals surface area contributed by atoms with Crippen molar-refractivity contribution in [3.05, 3.63) is 0 Å². The number of hydrogen-bond acceptors (Lipinski definition) is 2. The quantitative estimate of drug-likeness (QED) is 0.548. The first-order valence-electron chi connectivity index (χ1n) is 3.72. The molecule has 58 valence electrons. The lowest BCUT2D eigenvalue weighted by Gasteiger charge is -2.02. The number of hydrogen-bond donors (Lipinski definition) is 0. The van der Waals surface area contributed by atoms with Crippen molar-refractivity contribution in [2.45, 2.75) is 26.7 Å². The molecule has 0 aromatic heterocycles. The van der Waals surface area contributed by atoms with Gasteiger partial charge in [-0.3, -0.25) is 0 Å². The van der Waals surface area contributed by atoms with Crippen molar-refractivity contribution >= 4 is 0 Å². The summed E-state index contributed by atoms with van der Waals surface area (Å²) in [4.78, 5) is 0. The smallest absolute Gasteiger partial charge is 0.133 e. The number of nitriles is 1. The molecule has 0 aliphatic rings. The molecule has 0 aromatic carbocycles. The number of rotatable bonds is 5. The Morgan fingerprint density at radius 1 is 1.50 bits per heavy atom. The van der Waals surface area contributed by atoms with E-state index in [-0.39, 0.29) is 6.61 Å². The third-order valence-electron chi connectivity index (χ3n) is 1.24. The Labute approximate surface area is 62.8 Å². The fraction of sp³-hybridized carbons (Fsp3) is 0.875. The summed E-state index contributed by atoms with van der Waals surface area (Å²) in [5.74, 6) is 0.741. The minimum absolute atomic E-state index is 0.234. The average Bonchev–Trinajstić information content (AvgIpc) is 1.87. The maximum absolute atomic E-state index is 8.10. The van der Waals surface area contributed by atoms with E-state index in [0.29, 0.717) is 0 Å². The van der Waals surface area contributed by atoms with Crippen LogP contribution in [-0.4, -0.2) is 13.2 Å². The Morgan fingerprint density at radius 3 is 2.70 bits per heavy atom. The van der Waals surface area contributed by atoms with Crippen LogP contribution in [0.2, 0.25) is 0 Å². The molecule has 0 N–H and O–H groups in total. The minimum Gasteiger partial charge on any atom is -0.367 e. The Hall–Kier alpha value is -0.550. The summed E-state index contributed by atoms with van der Waals surface area (Å²) < 4.78 is 4.97. The molecule has 0 aromatic rings. The fourth-order valence-corrected chi connectivity index (χ4v) is 0.711. The van der Waals surface area contributed by atoms with E-state index in [2.05, 4.69) is 13.8 Å². The monoisotopic (exact) mass is 141 g/mol. The Kier molecular flexibility index (Phi) is 6.21. The van der Waals surface area contributed by atoms with Gasteiger partial charge >= 0.3 is 0 Å². The van der Waals surface area contributed by atoms with Gasteiger partial charge in [0, 0.05) is 6.61 Å². The molecule has 0 saturated heterocycles. The summed E-state index contributed by atoms with van der Waals surface area (Å²) in [5, 5.41) is 8.10. The van der Waals surface area contributed by atoms with Gasteiger partial charge in [-0.1, -0.05) is 13.8 Å². The molecule has 10 heavy (non-hydrogen) atoms. The highest BCUT2D eigenvalue weighted by Crippen LogP contribution is 2.02. The summed E-state index contributed by atoms with van der Waals surface area (Å²) in [6, 6.07) is 1.93. The first-order valence-corrected chi connectivity index (χ1v) is 3.72. The first kappa shape index (κ1) is 9.45. The van der Waals surface area contributed by atoms with Crippen LogP contribution >= 0.6 is 0 Å². The second-order valence-corrected chi connectivity index (χ2v) is 2.75. The first-order chi connectivity index (χ1) is 4.77. The van der Waals surface area contributed by atoms with E-state index in [9.17, 15) is 0 Å². The molecule has 0 heterocycles. The molecule has 0 aliphatic carbocycles. The number of nitrogens with zero attached hydrogens (tertiary/aromatic N) is 1. The van der Waals surface area contributed by atoms with E-state index >= 15 is 0 Å². The normalized spacial score (nSPS) is 9.80. The van der Waals surface area contributed by atoms with Crippen LogP contribution < -0.4 is 0 Å².